The minimum Gasteiger partial charge on any atom is -0.494 e. The Bertz CT molecular complexity index is 620. The Balaban J connectivity index is 2.11. The van der Waals surface area contributed by atoms with Crippen LogP contribution in [0.15, 0.2) is 18.2 Å². The third kappa shape index (κ3) is 2.62. The lowest BCUT2D eigenvalue weighted by Crippen LogP contribution is -2.22. The Hall–Kier alpha value is -1.26. The van der Waals surface area contributed by atoms with Crippen molar-refractivity contribution in [3.63, 3.8) is 0 Å². The maximum atomic E-state index is 5.96. The number of alkyl halides is 1. The molecule has 5 heteroatoms. The molecule has 2 heterocycles. The predicted molar refractivity (Wildman–Crippen MR) is 84.4 cm³/mol. The van der Waals surface area contributed by atoms with Gasteiger partial charge in [-0.1, -0.05) is 6.07 Å². The van der Waals surface area contributed by atoms with Crippen molar-refractivity contribution in [3.8, 4) is 5.75 Å². The van der Waals surface area contributed by atoms with E-state index in [1.54, 1.807) is 7.11 Å². The second kappa shape index (κ2) is 6.24. The van der Waals surface area contributed by atoms with Gasteiger partial charge in [-0.25, -0.2) is 4.98 Å². The molecule has 21 heavy (non-hydrogen) atoms. The Kier molecular flexibility index (Phi) is 4.36. The first-order valence-corrected chi connectivity index (χ1v) is 8.01. The summed E-state index contributed by atoms with van der Waals surface area (Å²) in [6.07, 6.45) is 3.24. The van der Waals surface area contributed by atoms with E-state index >= 15 is 0 Å². The van der Waals surface area contributed by atoms with Gasteiger partial charge in [0.25, 0.3) is 0 Å². The molecule has 1 aromatic carbocycles. The molecule has 114 valence electrons. The average Bonchev–Trinajstić information content (AvgIpc) is 3.14. The summed E-state index contributed by atoms with van der Waals surface area (Å²) < 4.78 is 13.6. The fourth-order valence-corrected chi connectivity index (χ4v) is 3.34. The molecule has 2 atom stereocenters. The van der Waals surface area contributed by atoms with Gasteiger partial charge in [-0.2, -0.15) is 0 Å². The first-order chi connectivity index (χ1) is 10.3. The van der Waals surface area contributed by atoms with Gasteiger partial charge < -0.3 is 14.0 Å². The van der Waals surface area contributed by atoms with Gasteiger partial charge in [0.15, 0.2) is 0 Å². The zero-order valence-corrected chi connectivity index (χ0v) is 13.3. The lowest BCUT2D eigenvalue weighted by Gasteiger charge is -2.23. The highest BCUT2D eigenvalue weighted by molar-refractivity contribution is 6.17. The van der Waals surface area contributed by atoms with Gasteiger partial charge in [0, 0.05) is 18.9 Å². The quantitative estimate of drug-likeness (QED) is 0.792. The summed E-state index contributed by atoms with van der Waals surface area (Å²) in [6, 6.07) is 6.30. The maximum absolute atomic E-state index is 5.96. The molecule has 0 radical (unpaired) electrons. The highest BCUT2D eigenvalue weighted by atomic mass is 35.5. The molecular weight excluding hydrogens is 288 g/mol. The van der Waals surface area contributed by atoms with Gasteiger partial charge in [-0.05, 0) is 31.9 Å². The van der Waals surface area contributed by atoms with Gasteiger partial charge >= 0.3 is 0 Å². The molecule has 4 nitrogen and oxygen atoms in total. The van der Waals surface area contributed by atoms with Crippen LogP contribution in [0, 0.1) is 0 Å². The number of hydrogen-bond donors (Lipinski definition) is 0. The highest BCUT2D eigenvalue weighted by Crippen LogP contribution is 2.32. The van der Waals surface area contributed by atoms with Crippen LogP contribution in [0.1, 0.15) is 31.6 Å². The summed E-state index contributed by atoms with van der Waals surface area (Å²) in [5.74, 6) is 2.37. The number of para-hydroxylation sites is 1. The summed E-state index contributed by atoms with van der Waals surface area (Å²) in [5.41, 5.74) is 2.00. The molecule has 1 saturated heterocycles. The number of ether oxygens (including phenoxy) is 2. The molecule has 0 bridgehead atoms. The fraction of sp³-hybridized carbons (Fsp3) is 0.562. The van der Waals surface area contributed by atoms with E-state index in [2.05, 4.69) is 17.6 Å². The lowest BCUT2D eigenvalue weighted by atomic mass is 10.1. The normalized spacial score (nSPS) is 20.0. The molecule has 1 aliphatic rings. The van der Waals surface area contributed by atoms with E-state index in [0.717, 1.165) is 48.5 Å². The smallest absolute Gasteiger partial charge is 0.146 e. The minimum atomic E-state index is 0.252. The zero-order valence-electron chi connectivity index (χ0n) is 12.5. The largest absolute Gasteiger partial charge is 0.494 e. The number of imidazole rings is 1. The Morgan fingerprint density at radius 3 is 3.05 bits per heavy atom. The number of fused-ring (bicyclic) bond motifs is 1. The molecule has 0 aliphatic carbocycles. The van der Waals surface area contributed by atoms with E-state index in [-0.39, 0.29) is 12.1 Å². The number of halogens is 1. The first kappa shape index (κ1) is 14.7. The SMILES string of the molecule is COc1cccc2c1nc(CCCl)n2C(C)C1CCCO1. The number of rotatable bonds is 5. The summed E-state index contributed by atoms with van der Waals surface area (Å²) in [5, 5.41) is 0. The lowest BCUT2D eigenvalue weighted by molar-refractivity contribution is 0.0736. The van der Waals surface area contributed by atoms with E-state index in [1.807, 2.05) is 12.1 Å². The number of methoxy groups -OCH3 is 1. The summed E-state index contributed by atoms with van der Waals surface area (Å²) >= 11 is 5.96. The van der Waals surface area contributed by atoms with Crippen molar-refractivity contribution in [2.45, 2.75) is 38.3 Å². The molecule has 0 spiro atoms. The number of benzene rings is 1. The van der Waals surface area contributed by atoms with E-state index in [4.69, 9.17) is 26.1 Å². The van der Waals surface area contributed by atoms with Crippen LogP contribution in [0.4, 0.5) is 0 Å². The molecule has 2 unspecified atom stereocenters. The fourth-order valence-electron chi connectivity index (χ4n) is 3.17. The van der Waals surface area contributed by atoms with Crippen LogP contribution in [0.25, 0.3) is 11.0 Å². The third-order valence-electron chi connectivity index (χ3n) is 4.20. The zero-order chi connectivity index (χ0) is 14.8. The van der Waals surface area contributed by atoms with Crippen molar-refractivity contribution in [2.24, 2.45) is 0 Å². The van der Waals surface area contributed by atoms with Crippen molar-refractivity contribution in [1.29, 1.82) is 0 Å². The Labute approximate surface area is 130 Å². The standard InChI is InChI=1S/C16H21ClN2O2/c1-11(13-7-4-10-21-13)19-12-5-3-6-14(20-2)16(12)18-15(19)8-9-17/h3,5-6,11,13H,4,7-10H2,1-2H3. The topological polar surface area (TPSA) is 36.3 Å². The van der Waals surface area contributed by atoms with Crippen molar-refractivity contribution in [2.75, 3.05) is 19.6 Å². The molecule has 2 aromatic rings. The monoisotopic (exact) mass is 308 g/mol. The highest BCUT2D eigenvalue weighted by Gasteiger charge is 2.27. The predicted octanol–water partition coefficient (Wildman–Crippen LogP) is 3.57. The van der Waals surface area contributed by atoms with E-state index in [1.165, 1.54) is 0 Å². The summed E-state index contributed by atoms with van der Waals surface area (Å²) in [4.78, 5) is 4.76. The van der Waals surface area contributed by atoms with Crippen LogP contribution >= 0.6 is 11.6 Å². The van der Waals surface area contributed by atoms with E-state index in [0.29, 0.717) is 5.88 Å². The Morgan fingerprint density at radius 2 is 2.38 bits per heavy atom. The van der Waals surface area contributed by atoms with Crippen molar-refractivity contribution in [3.05, 3.63) is 24.0 Å². The van der Waals surface area contributed by atoms with E-state index < -0.39 is 0 Å². The van der Waals surface area contributed by atoms with Gasteiger partial charge in [0.1, 0.15) is 17.1 Å². The third-order valence-corrected chi connectivity index (χ3v) is 4.39. The van der Waals surface area contributed by atoms with Crippen molar-refractivity contribution < 1.29 is 9.47 Å². The maximum Gasteiger partial charge on any atom is 0.146 e. The van der Waals surface area contributed by atoms with Crippen LogP contribution in [0.2, 0.25) is 0 Å². The molecular formula is C16H21ClN2O2. The number of nitrogens with zero attached hydrogens (tertiary/aromatic N) is 2. The first-order valence-electron chi connectivity index (χ1n) is 7.47. The number of aromatic nitrogens is 2. The summed E-state index contributed by atoms with van der Waals surface area (Å²) in [7, 11) is 1.68. The minimum absolute atomic E-state index is 0.252. The van der Waals surface area contributed by atoms with Gasteiger partial charge in [-0.3, -0.25) is 0 Å². The number of hydrogen-bond acceptors (Lipinski definition) is 3. The molecule has 1 aliphatic heterocycles. The average molecular weight is 309 g/mol. The van der Waals surface area contributed by atoms with Crippen LogP contribution in [0.5, 0.6) is 5.75 Å². The number of aryl methyl sites for hydroxylation is 1. The molecule has 0 N–H and O–H groups in total. The van der Waals surface area contributed by atoms with Crippen molar-refractivity contribution in [1.82, 2.24) is 9.55 Å². The van der Waals surface area contributed by atoms with Crippen LogP contribution < -0.4 is 4.74 Å². The summed E-state index contributed by atoms with van der Waals surface area (Å²) in [6.45, 7) is 3.06. The van der Waals surface area contributed by atoms with E-state index in [9.17, 15) is 0 Å². The molecule has 1 fully saturated rings. The Morgan fingerprint density at radius 1 is 1.52 bits per heavy atom. The molecule has 3 rings (SSSR count). The molecule has 1 aromatic heterocycles. The molecule has 0 amide bonds. The second-order valence-electron chi connectivity index (χ2n) is 5.46. The van der Waals surface area contributed by atoms with Gasteiger partial charge in [0.05, 0.1) is 24.8 Å². The van der Waals surface area contributed by atoms with Crippen LogP contribution in [-0.2, 0) is 11.2 Å². The van der Waals surface area contributed by atoms with Crippen LogP contribution in [-0.4, -0.2) is 35.3 Å². The van der Waals surface area contributed by atoms with Crippen LogP contribution in [0.3, 0.4) is 0 Å². The molecule has 0 saturated carbocycles. The van der Waals surface area contributed by atoms with Gasteiger partial charge in [0.2, 0.25) is 0 Å². The van der Waals surface area contributed by atoms with Gasteiger partial charge in [-0.15, -0.1) is 11.6 Å². The van der Waals surface area contributed by atoms with Crippen molar-refractivity contribution >= 4 is 22.6 Å². The second-order valence-corrected chi connectivity index (χ2v) is 5.84.